The number of carbonyl (C=O) groups excluding carboxylic acids is 1. The third kappa shape index (κ3) is 2.02. The van der Waals surface area contributed by atoms with Gasteiger partial charge in [0.2, 0.25) is 0 Å². The minimum Gasteiger partial charge on any atom is -0.352 e. The number of amides is 1. The summed E-state index contributed by atoms with van der Waals surface area (Å²) >= 11 is 0. The van der Waals surface area contributed by atoms with Crippen molar-refractivity contribution in [1.29, 1.82) is 0 Å². The lowest BCUT2D eigenvalue weighted by atomic mass is 10.1. The fraction of sp³-hybridized carbons (Fsp3) is 0.400. The summed E-state index contributed by atoms with van der Waals surface area (Å²) in [7, 11) is 0. The van der Waals surface area contributed by atoms with E-state index in [0.717, 1.165) is 5.69 Å². The van der Waals surface area contributed by atoms with Crippen LogP contribution in [0.25, 0.3) is 0 Å². The first-order chi connectivity index (χ1) is 6.56. The van der Waals surface area contributed by atoms with Crippen molar-refractivity contribution in [3.63, 3.8) is 0 Å². The van der Waals surface area contributed by atoms with Crippen LogP contribution in [-0.4, -0.2) is 17.4 Å². The number of nitrogens with one attached hydrogen (secondary N) is 2. The molecule has 1 heterocycles. The van der Waals surface area contributed by atoms with Gasteiger partial charge in [0.25, 0.3) is 11.5 Å². The van der Waals surface area contributed by atoms with Crippen LogP contribution >= 0.6 is 0 Å². The summed E-state index contributed by atoms with van der Waals surface area (Å²) in [5.74, 6) is -0.314. The van der Waals surface area contributed by atoms with E-state index in [0.29, 0.717) is 12.1 Å². The first-order valence-corrected chi connectivity index (χ1v) is 4.55. The lowest BCUT2D eigenvalue weighted by molar-refractivity contribution is 0.0953. The summed E-state index contributed by atoms with van der Waals surface area (Å²) < 4.78 is 0. The molecule has 4 nitrogen and oxygen atoms in total. The highest BCUT2D eigenvalue weighted by Crippen LogP contribution is 2.02. The molecule has 1 rings (SSSR count). The van der Waals surface area contributed by atoms with E-state index in [9.17, 15) is 9.59 Å². The van der Waals surface area contributed by atoms with Gasteiger partial charge in [-0.15, -0.1) is 0 Å². The zero-order valence-corrected chi connectivity index (χ0v) is 8.60. The fourth-order valence-electron chi connectivity index (χ4n) is 1.38. The van der Waals surface area contributed by atoms with E-state index in [1.165, 1.54) is 0 Å². The quantitative estimate of drug-likeness (QED) is 0.729. The molecule has 0 bridgehead atoms. The fourth-order valence-corrected chi connectivity index (χ4v) is 1.38. The number of aromatic nitrogens is 1. The monoisotopic (exact) mass is 194 g/mol. The molecule has 0 saturated carbocycles. The molecule has 1 aromatic rings. The molecule has 0 aliphatic rings. The molecule has 0 unspecified atom stereocenters. The first kappa shape index (κ1) is 10.5. The van der Waals surface area contributed by atoms with E-state index in [1.54, 1.807) is 19.9 Å². The van der Waals surface area contributed by atoms with Gasteiger partial charge in [0.05, 0.1) is 0 Å². The lowest BCUT2D eigenvalue weighted by Crippen LogP contribution is -2.30. The Morgan fingerprint density at radius 3 is 2.64 bits per heavy atom. The first-order valence-electron chi connectivity index (χ1n) is 4.55. The Morgan fingerprint density at radius 2 is 2.14 bits per heavy atom. The Balaban J connectivity index is 3.21. The van der Waals surface area contributed by atoms with Crippen LogP contribution in [0.15, 0.2) is 10.9 Å². The molecule has 1 aromatic heterocycles. The Bertz CT molecular complexity index is 407. The molecule has 0 fully saturated rings. The molecule has 2 N–H and O–H groups in total. The highest BCUT2D eigenvalue weighted by atomic mass is 16.2. The van der Waals surface area contributed by atoms with Crippen molar-refractivity contribution in [2.24, 2.45) is 0 Å². The number of hydrogen-bond donors (Lipinski definition) is 2. The highest BCUT2D eigenvalue weighted by Gasteiger charge is 2.12. The Kier molecular flexibility index (Phi) is 3.06. The summed E-state index contributed by atoms with van der Waals surface area (Å²) in [6, 6.07) is 1.78. The van der Waals surface area contributed by atoms with E-state index in [4.69, 9.17) is 0 Å². The Morgan fingerprint density at radius 1 is 1.50 bits per heavy atom. The number of H-pyrrole nitrogens is 1. The summed E-state index contributed by atoms with van der Waals surface area (Å²) in [5.41, 5.74) is 1.35. The lowest BCUT2D eigenvalue weighted by Gasteiger charge is -2.05. The SMILES string of the molecule is CCNC(=O)c1c(C)cc(C)[nH]c1=O. The van der Waals surface area contributed by atoms with E-state index < -0.39 is 0 Å². The van der Waals surface area contributed by atoms with Crippen LogP contribution in [-0.2, 0) is 0 Å². The molecule has 1 amide bonds. The van der Waals surface area contributed by atoms with Gasteiger partial charge < -0.3 is 10.3 Å². The number of aryl methyl sites for hydroxylation is 2. The third-order valence-corrected chi connectivity index (χ3v) is 1.93. The zero-order chi connectivity index (χ0) is 10.7. The van der Waals surface area contributed by atoms with E-state index >= 15 is 0 Å². The summed E-state index contributed by atoms with van der Waals surface area (Å²) in [5, 5.41) is 2.60. The standard InChI is InChI=1S/C10H14N2O2/c1-4-11-9(13)8-6(2)5-7(3)12-10(8)14/h5H,4H2,1-3H3,(H,11,13)(H,12,14). The van der Waals surface area contributed by atoms with Gasteiger partial charge in [-0.2, -0.15) is 0 Å². The molecule has 0 spiro atoms. The zero-order valence-electron chi connectivity index (χ0n) is 8.60. The normalized spacial score (nSPS) is 9.93. The van der Waals surface area contributed by atoms with Gasteiger partial charge in [-0.25, -0.2) is 0 Å². The van der Waals surface area contributed by atoms with Crippen LogP contribution < -0.4 is 10.9 Å². The van der Waals surface area contributed by atoms with Gasteiger partial charge in [0, 0.05) is 12.2 Å². The maximum Gasteiger partial charge on any atom is 0.261 e. The van der Waals surface area contributed by atoms with Crippen molar-refractivity contribution in [3.8, 4) is 0 Å². The number of hydrogen-bond acceptors (Lipinski definition) is 2. The predicted octanol–water partition coefficient (Wildman–Crippen LogP) is 0.741. The second-order valence-electron chi connectivity index (χ2n) is 3.20. The van der Waals surface area contributed by atoms with Crippen molar-refractivity contribution >= 4 is 5.91 Å². The smallest absolute Gasteiger partial charge is 0.261 e. The summed E-state index contributed by atoms with van der Waals surface area (Å²) in [4.78, 5) is 25.5. The molecule has 0 atom stereocenters. The second kappa shape index (κ2) is 4.09. The average molecular weight is 194 g/mol. The molecule has 0 aliphatic carbocycles. The number of aromatic amines is 1. The van der Waals surface area contributed by atoms with E-state index in [2.05, 4.69) is 10.3 Å². The predicted molar refractivity (Wildman–Crippen MR) is 54.5 cm³/mol. The second-order valence-corrected chi connectivity index (χ2v) is 3.20. The topological polar surface area (TPSA) is 62.0 Å². The number of pyridine rings is 1. The van der Waals surface area contributed by atoms with E-state index in [1.807, 2.05) is 6.92 Å². The molecular formula is C10H14N2O2. The van der Waals surface area contributed by atoms with Gasteiger partial charge >= 0.3 is 0 Å². The summed E-state index contributed by atoms with van der Waals surface area (Å²) in [6.45, 7) is 5.88. The van der Waals surface area contributed by atoms with Crippen LogP contribution in [0.4, 0.5) is 0 Å². The molecule has 4 heteroatoms. The van der Waals surface area contributed by atoms with Crippen molar-refractivity contribution in [1.82, 2.24) is 10.3 Å². The minimum atomic E-state index is -0.326. The van der Waals surface area contributed by atoms with Gasteiger partial charge in [-0.3, -0.25) is 9.59 Å². The van der Waals surface area contributed by atoms with Crippen molar-refractivity contribution in [2.75, 3.05) is 6.54 Å². The van der Waals surface area contributed by atoms with Gasteiger partial charge in [0.15, 0.2) is 0 Å². The van der Waals surface area contributed by atoms with E-state index in [-0.39, 0.29) is 17.0 Å². The molecule has 0 saturated heterocycles. The van der Waals surface area contributed by atoms with Gasteiger partial charge in [0.1, 0.15) is 5.56 Å². The molecule has 76 valence electrons. The Hall–Kier alpha value is -1.58. The van der Waals surface area contributed by atoms with Gasteiger partial charge in [-0.05, 0) is 32.4 Å². The molecule has 14 heavy (non-hydrogen) atoms. The van der Waals surface area contributed by atoms with Crippen molar-refractivity contribution in [2.45, 2.75) is 20.8 Å². The highest BCUT2D eigenvalue weighted by molar-refractivity contribution is 5.95. The van der Waals surface area contributed by atoms with Crippen LogP contribution in [0.2, 0.25) is 0 Å². The maximum atomic E-state index is 11.5. The molecular weight excluding hydrogens is 180 g/mol. The number of carbonyl (C=O) groups is 1. The third-order valence-electron chi connectivity index (χ3n) is 1.93. The largest absolute Gasteiger partial charge is 0.352 e. The molecule has 0 aromatic carbocycles. The van der Waals surface area contributed by atoms with Crippen molar-refractivity contribution in [3.05, 3.63) is 33.2 Å². The number of rotatable bonds is 2. The Labute approximate surface area is 82.3 Å². The maximum absolute atomic E-state index is 11.5. The minimum absolute atomic E-state index is 0.206. The van der Waals surface area contributed by atoms with Crippen LogP contribution in [0.1, 0.15) is 28.5 Å². The molecule has 0 aliphatic heterocycles. The van der Waals surface area contributed by atoms with Crippen LogP contribution in [0.3, 0.4) is 0 Å². The van der Waals surface area contributed by atoms with Gasteiger partial charge in [-0.1, -0.05) is 0 Å². The average Bonchev–Trinajstić information content (AvgIpc) is 2.01. The van der Waals surface area contributed by atoms with Crippen LogP contribution in [0.5, 0.6) is 0 Å². The van der Waals surface area contributed by atoms with Crippen molar-refractivity contribution < 1.29 is 4.79 Å². The summed E-state index contributed by atoms with van der Waals surface area (Å²) in [6.07, 6.45) is 0. The van der Waals surface area contributed by atoms with Crippen LogP contribution in [0, 0.1) is 13.8 Å². The molecule has 0 radical (unpaired) electrons.